The summed E-state index contributed by atoms with van der Waals surface area (Å²) in [5, 5.41) is 3.47. The van der Waals surface area contributed by atoms with Gasteiger partial charge >= 0.3 is 0 Å². The van der Waals surface area contributed by atoms with E-state index in [1.54, 1.807) is 24.3 Å². The minimum Gasteiger partial charge on any atom is -0.389 e. The second-order valence-corrected chi connectivity index (χ2v) is 6.79. The average Bonchev–Trinajstić information content (AvgIpc) is 2.37. The molecule has 20 heavy (non-hydrogen) atoms. The summed E-state index contributed by atoms with van der Waals surface area (Å²) >= 11 is 16.3. The molecule has 0 aliphatic heterocycles. The smallest absolute Gasteiger partial charge is 0.161 e. The van der Waals surface area contributed by atoms with Gasteiger partial charge < -0.3 is 11.1 Å². The van der Waals surface area contributed by atoms with E-state index >= 15 is 0 Å². The van der Waals surface area contributed by atoms with Gasteiger partial charge in [-0.1, -0.05) is 23.8 Å². The van der Waals surface area contributed by atoms with E-state index in [-0.39, 0.29) is 9.46 Å². The lowest BCUT2D eigenvalue weighted by molar-refractivity contribution is 0.625. The summed E-state index contributed by atoms with van der Waals surface area (Å²) in [5.74, 6) is -0.468. The Labute approximate surface area is 148 Å². The number of thiocarbonyl (C=S) groups is 1. The Bertz CT molecular complexity index is 696. The Morgan fingerprint density at radius 3 is 2.55 bits per heavy atom. The second-order valence-electron chi connectivity index (χ2n) is 3.90. The van der Waals surface area contributed by atoms with Crippen molar-refractivity contribution < 1.29 is 4.39 Å². The van der Waals surface area contributed by atoms with E-state index in [4.69, 9.17) is 29.6 Å². The third-order valence-corrected chi connectivity index (χ3v) is 4.53. The van der Waals surface area contributed by atoms with Crippen LogP contribution in [0.3, 0.4) is 0 Å². The largest absolute Gasteiger partial charge is 0.389 e. The van der Waals surface area contributed by atoms with Crippen molar-refractivity contribution in [1.29, 1.82) is 0 Å². The van der Waals surface area contributed by atoms with Gasteiger partial charge in [-0.25, -0.2) is 4.39 Å². The first kappa shape index (κ1) is 15.9. The number of anilines is 2. The van der Waals surface area contributed by atoms with Crippen molar-refractivity contribution in [2.45, 2.75) is 0 Å². The molecule has 0 radical (unpaired) electrons. The third kappa shape index (κ3) is 3.41. The Balaban J connectivity index is 2.39. The zero-order valence-corrected chi connectivity index (χ0v) is 15.2. The van der Waals surface area contributed by atoms with Crippen molar-refractivity contribution in [2.24, 2.45) is 5.73 Å². The number of hydrogen-bond donors (Lipinski definition) is 2. The van der Waals surface area contributed by atoms with Gasteiger partial charge in [0.1, 0.15) is 4.99 Å². The minimum absolute atomic E-state index is 0.134. The van der Waals surface area contributed by atoms with Crippen molar-refractivity contribution in [1.82, 2.24) is 0 Å². The molecule has 0 saturated carbocycles. The molecule has 0 unspecified atom stereocenters. The van der Waals surface area contributed by atoms with Crippen LogP contribution in [0.15, 0.2) is 34.8 Å². The quantitative estimate of drug-likeness (QED) is 0.462. The summed E-state index contributed by atoms with van der Waals surface area (Å²) in [6, 6.07) is 8.69. The second kappa shape index (κ2) is 6.55. The zero-order chi connectivity index (χ0) is 14.9. The van der Waals surface area contributed by atoms with Crippen LogP contribution >= 0.6 is 62.3 Å². The highest BCUT2D eigenvalue weighted by molar-refractivity contribution is 14.1. The standard InChI is InChI=1S/C13H8BrClFIN2S/c14-11-7(13(18)20)2-4-10(12(11)16)19-9-3-1-6(17)5-8(9)15/h1-5,19H,(H2,18,20). The molecule has 0 aromatic heterocycles. The highest BCUT2D eigenvalue weighted by atomic mass is 127. The Morgan fingerprint density at radius 1 is 1.30 bits per heavy atom. The van der Waals surface area contributed by atoms with Crippen molar-refractivity contribution in [3.8, 4) is 0 Å². The molecule has 0 aliphatic rings. The van der Waals surface area contributed by atoms with Crippen LogP contribution < -0.4 is 11.1 Å². The molecule has 0 amide bonds. The third-order valence-electron chi connectivity index (χ3n) is 2.55. The molecule has 3 N–H and O–H groups in total. The van der Waals surface area contributed by atoms with Crippen molar-refractivity contribution in [2.75, 3.05) is 5.32 Å². The van der Waals surface area contributed by atoms with Crippen molar-refractivity contribution in [3.05, 3.63) is 54.8 Å². The first-order chi connectivity index (χ1) is 9.40. The van der Waals surface area contributed by atoms with Crippen LogP contribution in [0.4, 0.5) is 15.8 Å². The molecule has 0 heterocycles. The lowest BCUT2D eigenvalue weighted by Crippen LogP contribution is -2.11. The summed E-state index contributed by atoms with van der Waals surface area (Å²) in [7, 11) is 0. The van der Waals surface area contributed by atoms with Crippen LogP contribution in [0.5, 0.6) is 0 Å². The predicted octanol–water partition coefficient (Wildman–Crippen LogP) is 5.22. The van der Waals surface area contributed by atoms with Gasteiger partial charge in [-0.15, -0.1) is 0 Å². The molecular weight excluding hydrogens is 477 g/mol. The molecule has 0 spiro atoms. The molecule has 2 aromatic rings. The van der Waals surface area contributed by atoms with Gasteiger partial charge in [0, 0.05) is 9.13 Å². The van der Waals surface area contributed by atoms with Crippen LogP contribution in [-0.2, 0) is 0 Å². The number of nitrogens with two attached hydrogens (primary N) is 1. The summed E-state index contributed by atoms with van der Waals surface area (Å²) < 4.78 is 15.5. The summed E-state index contributed by atoms with van der Waals surface area (Å²) in [6.45, 7) is 0. The van der Waals surface area contributed by atoms with E-state index in [1.165, 1.54) is 0 Å². The van der Waals surface area contributed by atoms with Gasteiger partial charge in [0.25, 0.3) is 0 Å². The molecule has 0 saturated heterocycles. The van der Waals surface area contributed by atoms with Gasteiger partial charge in [-0.3, -0.25) is 0 Å². The molecule has 2 rings (SSSR count). The van der Waals surface area contributed by atoms with E-state index in [0.717, 1.165) is 3.57 Å². The number of benzene rings is 2. The van der Waals surface area contributed by atoms with Crippen LogP contribution in [-0.4, -0.2) is 4.99 Å². The first-order valence-corrected chi connectivity index (χ1v) is 8.06. The summed E-state index contributed by atoms with van der Waals surface area (Å²) in [6.07, 6.45) is 0. The molecule has 7 heteroatoms. The van der Waals surface area contributed by atoms with E-state index < -0.39 is 5.82 Å². The predicted molar refractivity (Wildman–Crippen MR) is 97.4 cm³/mol. The highest BCUT2D eigenvalue weighted by Gasteiger charge is 2.13. The van der Waals surface area contributed by atoms with E-state index in [1.807, 2.05) is 6.07 Å². The summed E-state index contributed by atoms with van der Waals surface area (Å²) in [5.41, 5.74) is 6.89. The first-order valence-electron chi connectivity index (χ1n) is 5.40. The van der Waals surface area contributed by atoms with E-state index in [0.29, 0.717) is 22.0 Å². The SMILES string of the molecule is NC(=S)c1ccc(Nc2ccc(I)cc2Cl)c(F)c1Br. The van der Waals surface area contributed by atoms with E-state index in [2.05, 4.69) is 43.8 Å². The number of rotatable bonds is 3. The zero-order valence-electron chi connectivity index (χ0n) is 9.88. The topological polar surface area (TPSA) is 38.0 Å². The fraction of sp³-hybridized carbons (Fsp3) is 0. The van der Waals surface area contributed by atoms with Crippen LogP contribution in [0.1, 0.15) is 5.56 Å². The molecule has 0 fully saturated rings. The lowest BCUT2D eigenvalue weighted by atomic mass is 10.2. The fourth-order valence-corrected chi connectivity index (χ4v) is 3.34. The van der Waals surface area contributed by atoms with Gasteiger partial charge in [0.05, 0.1) is 20.9 Å². The molecule has 2 aromatic carbocycles. The van der Waals surface area contributed by atoms with Gasteiger partial charge in [-0.05, 0) is 68.9 Å². The number of hydrogen-bond acceptors (Lipinski definition) is 2. The molecular formula is C13H8BrClFIN2S. The van der Waals surface area contributed by atoms with Gasteiger partial charge in [0.15, 0.2) is 5.82 Å². The van der Waals surface area contributed by atoms with Crippen LogP contribution in [0.25, 0.3) is 0 Å². The van der Waals surface area contributed by atoms with E-state index in [9.17, 15) is 4.39 Å². The lowest BCUT2D eigenvalue weighted by Gasteiger charge is -2.12. The van der Waals surface area contributed by atoms with Gasteiger partial charge in [-0.2, -0.15) is 0 Å². The Kier molecular flexibility index (Phi) is 5.22. The maximum absolute atomic E-state index is 14.3. The molecule has 0 atom stereocenters. The maximum Gasteiger partial charge on any atom is 0.161 e. The summed E-state index contributed by atoms with van der Waals surface area (Å²) in [4.78, 5) is 0.134. The van der Waals surface area contributed by atoms with Crippen LogP contribution in [0.2, 0.25) is 5.02 Å². The Morgan fingerprint density at radius 2 is 1.95 bits per heavy atom. The fourth-order valence-electron chi connectivity index (χ4n) is 1.57. The molecule has 0 bridgehead atoms. The minimum atomic E-state index is -0.468. The van der Waals surface area contributed by atoms with Crippen LogP contribution in [0, 0.1) is 9.39 Å². The molecule has 0 aliphatic carbocycles. The Hall–Kier alpha value is -0.440. The normalized spacial score (nSPS) is 10.4. The maximum atomic E-state index is 14.3. The molecule has 2 nitrogen and oxygen atoms in total. The van der Waals surface area contributed by atoms with Crippen molar-refractivity contribution >= 4 is 78.7 Å². The van der Waals surface area contributed by atoms with Crippen molar-refractivity contribution in [3.63, 3.8) is 0 Å². The number of nitrogens with one attached hydrogen (secondary N) is 1. The highest BCUT2D eigenvalue weighted by Crippen LogP contribution is 2.32. The average molecular weight is 486 g/mol. The molecule has 104 valence electrons. The van der Waals surface area contributed by atoms with Gasteiger partial charge in [0.2, 0.25) is 0 Å². The number of halogens is 4. The monoisotopic (exact) mass is 484 g/mol.